The summed E-state index contributed by atoms with van der Waals surface area (Å²) in [6.45, 7) is 9.15. The first-order chi connectivity index (χ1) is 8.54. The lowest BCUT2D eigenvalue weighted by atomic mass is 9.92. The molecule has 0 bridgehead atoms. The molecule has 0 saturated heterocycles. The minimum absolute atomic E-state index is 0.626. The number of nitrogens with two attached hydrogens (primary N) is 1. The van der Waals surface area contributed by atoms with Crippen molar-refractivity contribution in [3.8, 4) is 11.1 Å². The van der Waals surface area contributed by atoms with Crippen molar-refractivity contribution in [2.45, 2.75) is 34.1 Å². The topological polar surface area (TPSA) is 54.7 Å². The third-order valence-electron chi connectivity index (χ3n) is 3.33. The van der Waals surface area contributed by atoms with Gasteiger partial charge in [0.2, 0.25) is 0 Å². The predicted octanol–water partition coefficient (Wildman–Crippen LogP) is 2.81. The fourth-order valence-corrected chi connectivity index (χ4v) is 2.70. The van der Waals surface area contributed by atoms with Gasteiger partial charge in [0.25, 0.3) is 0 Å². The monoisotopic (exact) mass is 243 g/mol. The maximum Gasteiger partial charge on any atom is 0.0716 e. The van der Waals surface area contributed by atoms with Crippen LogP contribution >= 0.6 is 0 Å². The van der Waals surface area contributed by atoms with Crippen molar-refractivity contribution in [2.75, 3.05) is 6.54 Å². The van der Waals surface area contributed by atoms with Gasteiger partial charge >= 0.3 is 0 Å². The molecule has 0 aliphatic heterocycles. The molecule has 3 heteroatoms. The lowest BCUT2D eigenvalue weighted by Crippen LogP contribution is -2.04. The SMILES string of the molecule is Cc1cc(C)c(-c2c(CCN)n[nH]c2C)c(C)c1. The van der Waals surface area contributed by atoms with Gasteiger partial charge in [0, 0.05) is 17.7 Å². The Labute approximate surface area is 108 Å². The largest absolute Gasteiger partial charge is 0.330 e. The molecule has 96 valence electrons. The van der Waals surface area contributed by atoms with Gasteiger partial charge in [0.15, 0.2) is 0 Å². The zero-order valence-electron chi connectivity index (χ0n) is 11.6. The van der Waals surface area contributed by atoms with Gasteiger partial charge in [-0.05, 0) is 50.9 Å². The molecule has 0 radical (unpaired) electrons. The van der Waals surface area contributed by atoms with Crippen molar-refractivity contribution < 1.29 is 0 Å². The van der Waals surface area contributed by atoms with Crippen molar-refractivity contribution in [2.24, 2.45) is 5.73 Å². The lowest BCUT2D eigenvalue weighted by molar-refractivity contribution is 0.898. The molecule has 1 aromatic heterocycles. The summed E-state index contributed by atoms with van der Waals surface area (Å²) in [5.41, 5.74) is 14.3. The van der Waals surface area contributed by atoms with Crippen LogP contribution in [0.25, 0.3) is 11.1 Å². The summed E-state index contributed by atoms with van der Waals surface area (Å²) < 4.78 is 0. The van der Waals surface area contributed by atoms with Crippen molar-refractivity contribution >= 4 is 0 Å². The van der Waals surface area contributed by atoms with E-state index in [0.717, 1.165) is 17.8 Å². The van der Waals surface area contributed by atoms with Gasteiger partial charge in [0.1, 0.15) is 0 Å². The van der Waals surface area contributed by atoms with E-state index < -0.39 is 0 Å². The van der Waals surface area contributed by atoms with Crippen LogP contribution in [-0.4, -0.2) is 16.7 Å². The van der Waals surface area contributed by atoms with Gasteiger partial charge in [-0.1, -0.05) is 17.7 Å². The second kappa shape index (κ2) is 4.94. The van der Waals surface area contributed by atoms with E-state index in [1.807, 2.05) is 0 Å². The third-order valence-corrected chi connectivity index (χ3v) is 3.33. The van der Waals surface area contributed by atoms with E-state index in [1.54, 1.807) is 0 Å². The highest BCUT2D eigenvalue weighted by atomic mass is 15.1. The Bertz CT molecular complexity index is 544. The Morgan fingerprint density at radius 3 is 2.22 bits per heavy atom. The van der Waals surface area contributed by atoms with Crippen LogP contribution in [0.2, 0.25) is 0 Å². The molecule has 0 amide bonds. The molecular weight excluding hydrogens is 222 g/mol. The number of nitrogens with one attached hydrogen (secondary N) is 1. The molecule has 3 nitrogen and oxygen atoms in total. The number of hydrogen-bond acceptors (Lipinski definition) is 2. The molecule has 0 atom stereocenters. The zero-order valence-corrected chi connectivity index (χ0v) is 11.6. The summed E-state index contributed by atoms with van der Waals surface area (Å²) in [7, 11) is 0. The molecule has 0 aliphatic rings. The maximum atomic E-state index is 5.66. The normalized spacial score (nSPS) is 10.9. The molecule has 0 unspecified atom stereocenters. The van der Waals surface area contributed by atoms with E-state index in [2.05, 4.69) is 50.0 Å². The Balaban J connectivity index is 2.65. The van der Waals surface area contributed by atoms with Crippen molar-refractivity contribution in [1.29, 1.82) is 0 Å². The van der Waals surface area contributed by atoms with Crippen molar-refractivity contribution in [3.05, 3.63) is 40.2 Å². The van der Waals surface area contributed by atoms with E-state index in [0.29, 0.717) is 6.54 Å². The number of H-pyrrole nitrogens is 1. The van der Waals surface area contributed by atoms with Crippen LogP contribution in [0.15, 0.2) is 12.1 Å². The van der Waals surface area contributed by atoms with Crippen LogP contribution in [0.4, 0.5) is 0 Å². The fraction of sp³-hybridized carbons (Fsp3) is 0.400. The summed E-state index contributed by atoms with van der Waals surface area (Å²) in [5.74, 6) is 0. The highest BCUT2D eigenvalue weighted by molar-refractivity contribution is 5.75. The number of aryl methyl sites for hydroxylation is 4. The van der Waals surface area contributed by atoms with Crippen LogP contribution < -0.4 is 5.73 Å². The number of aromatic nitrogens is 2. The van der Waals surface area contributed by atoms with E-state index >= 15 is 0 Å². The van der Waals surface area contributed by atoms with Gasteiger partial charge in [-0.2, -0.15) is 5.10 Å². The maximum absolute atomic E-state index is 5.66. The first-order valence-corrected chi connectivity index (χ1v) is 6.36. The Morgan fingerprint density at radius 2 is 1.67 bits per heavy atom. The number of nitrogens with zero attached hydrogens (tertiary/aromatic N) is 1. The molecule has 1 aromatic carbocycles. The summed E-state index contributed by atoms with van der Waals surface area (Å²) in [4.78, 5) is 0. The van der Waals surface area contributed by atoms with Gasteiger partial charge in [-0.15, -0.1) is 0 Å². The Morgan fingerprint density at radius 1 is 1.06 bits per heavy atom. The minimum Gasteiger partial charge on any atom is -0.330 e. The smallest absolute Gasteiger partial charge is 0.0716 e. The second-order valence-electron chi connectivity index (χ2n) is 4.98. The number of benzene rings is 1. The average molecular weight is 243 g/mol. The average Bonchev–Trinajstić information content (AvgIpc) is 2.61. The van der Waals surface area contributed by atoms with Crippen LogP contribution in [0.5, 0.6) is 0 Å². The van der Waals surface area contributed by atoms with Crippen molar-refractivity contribution in [1.82, 2.24) is 10.2 Å². The molecule has 3 N–H and O–H groups in total. The van der Waals surface area contributed by atoms with E-state index in [4.69, 9.17) is 5.73 Å². The summed E-state index contributed by atoms with van der Waals surface area (Å²) >= 11 is 0. The highest BCUT2D eigenvalue weighted by Gasteiger charge is 2.16. The Kier molecular flexibility index (Phi) is 3.53. The summed E-state index contributed by atoms with van der Waals surface area (Å²) in [5, 5.41) is 7.47. The second-order valence-corrected chi connectivity index (χ2v) is 4.98. The standard InChI is InChI=1S/C15H21N3/c1-9-7-10(2)14(11(3)8-9)15-12(4)17-18-13(15)5-6-16/h7-8H,5-6,16H2,1-4H3,(H,17,18). The van der Waals surface area contributed by atoms with Crippen molar-refractivity contribution in [3.63, 3.8) is 0 Å². The van der Waals surface area contributed by atoms with Gasteiger partial charge in [-0.25, -0.2) is 0 Å². The van der Waals surface area contributed by atoms with Gasteiger partial charge in [0.05, 0.1) is 5.69 Å². The van der Waals surface area contributed by atoms with Gasteiger partial charge in [-0.3, -0.25) is 5.10 Å². The highest BCUT2D eigenvalue weighted by Crippen LogP contribution is 2.32. The van der Waals surface area contributed by atoms with Crippen LogP contribution in [0, 0.1) is 27.7 Å². The zero-order chi connectivity index (χ0) is 13.3. The van der Waals surface area contributed by atoms with Crippen LogP contribution in [0.1, 0.15) is 28.1 Å². The lowest BCUT2D eigenvalue weighted by Gasteiger charge is -2.12. The molecule has 0 saturated carbocycles. The van der Waals surface area contributed by atoms with Crippen LogP contribution in [-0.2, 0) is 6.42 Å². The molecular formula is C15H21N3. The molecule has 2 rings (SSSR count). The molecule has 0 fully saturated rings. The van der Waals surface area contributed by atoms with E-state index in [9.17, 15) is 0 Å². The van der Waals surface area contributed by atoms with E-state index in [1.165, 1.54) is 27.8 Å². The first kappa shape index (κ1) is 12.8. The molecule has 2 aromatic rings. The predicted molar refractivity (Wildman–Crippen MR) is 75.7 cm³/mol. The molecule has 0 spiro atoms. The minimum atomic E-state index is 0.626. The van der Waals surface area contributed by atoms with Gasteiger partial charge < -0.3 is 5.73 Å². The molecule has 18 heavy (non-hydrogen) atoms. The van der Waals surface area contributed by atoms with E-state index in [-0.39, 0.29) is 0 Å². The first-order valence-electron chi connectivity index (χ1n) is 6.36. The number of hydrogen-bond donors (Lipinski definition) is 2. The summed E-state index contributed by atoms with van der Waals surface area (Å²) in [6.07, 6.45) is 0.812. The molecule has 1 heterocycles. The number of rotatable bonds is 3. The fourth-order valence-electron chi connectivity index (χ4n) is 2.70. The number of aromatic amines is 1. The quantitative estimate of drug-likeness (QED) is 0.871. The van der Waals surface area contributed by atoms with Crippen LogP contribution in [0.3, 0.4) is 0 Å². The molecule has 0 aliphatic carbocycles. The third kappa shape index (κ3) is 2.18. The Hall–Kier alpha value is -1.61. The summed E-state index contributed by atoms with van der Waals surface area (Å²) in [6, 6.07) is 4.45.